The fraction of sp³-hybridized carbons (Fsp3) is 0.500. The SMILES string of the molecule is CCOc1ccc(NC(=O)C[C@@H](C(=O)[O-])[NH+](CC)CC)c([N+](=O)[O-])c1. The Labute approximate surface area is 145 Å². The van der Waals surface area contributed by atoms with E-state index in [1.807, 2.05) is 13.8 Å². The van der Waals surface area contributed by atoms with Crippen LogP contribution in [0.2, 0.25) is 0 Å². The highest BCUT2D eigenvalue weighted by molar-refractivity contribution is 5.95. The van der Waals surface area contributed by atoms with Crippen molar-refractivity contribution in [2.24, 2.45) is 0 Å². The van der Waals surface area contributed by atoms with Crippen LogP contribution in [-0.2, 0) is 9.59 Å². The molecule has 1 rings (SSSR count). The molecule has 1 aromatic carbocycles. The van der Waals surface area contributed by atoms with E-state index in [0.29, 0.717) is 30.3 Å². The van der Waals surface area contributed by atoms with Gasteiger partial charge in [0.05, 0.1) is 43.1 Å². The zero-order chi connectivity index (χ0) is 19.0. The van der Waals surface area contributed by atoms with Crippen molar-refractivity contribution in [2.75, 3.05) is 25.0 Å². The van der Waals surface area contributed by atoms with Crippen LogP contribution in [0.4, 0.5) is 11.4 Å². The van der Waals surface area contributed by atoms with Gasteiger partial charge in [-0.2, -0.15) is 0 Å². The van der Waals surface area contributed by atoms with Crippen LogP contribution >= 0.6 is 0 Å². The summed E-state index contributed by atoms with van der Waals surface area (Å²) in [5.41, 5.74) is -0.329. The fourth-order valence-electron chi connectivity index (χ4n) is 2.55. The lowest BCUT2D eigenvalue weighted by Gasteiger charge is -2.26. The summed E-state index contributed by atoms with van der Waals surface area (Å²) in [5.74, 6) is -1.64. The summed E-state index contributed by atoms with van der Waals surface area (Å²) >= 11 is 0. The largest absolute Gasteiger partial charge is 0.544 e. The van der Waals surface area contributed by atoms with Gasteiger partial charge in [0.15, 0.2) is 0 Å². The molecule has 9 heteroatoms. The number of anilines is 1. The van der Waals surface area contributed by atoms with E-state index in [9.17, 15) is 24.8 Å². The average molecular weight is 353 g/mol. The molecule has 0 aliphatic heterocycles. The van der Waals surface area contributed by atoms with Gasteiger partial charge in [-0.1, -0.05) is 0 Å². The molecule has 1 atom stereocenters. The van der Waals surface area contributed by atoms with Crippen LogP contribution in [0.25, 0.3) is 0 Å². The number of carboxylic acid groups (broad SMARTS) is 1. The summed E-state index contributed by atoms with van der Waals surface area (Å²) in [6.07, 6.45) is -0.330. The number of amides is 1. The van der Waals surface area contributed by atoms with Crippen molar-refractivity contribution < 1.29 is 29.3 Å². The highest BCUT2D eigenvalue weighted by Crippen LogP contribution is 2.29. The van der Waals surface area contributed by atoms with Gasteiger partial charge < -0.3 is 24.9 Å². The number of carbonyl (C=O) groups is 2. The Kier molecular flexibility index (Phi) is 7.80. The molecule has 0 aromatic heterocycles. The zero-order valence-corrected chi connectivity index (χ0v) is 14.5. The molecule has 9 nitrogen and oxygen atoms in total. The number of quaternary nitrogens is 1. The van der Waals surface area contributed by atoms with Gasteiger partial charge in [-0.3, -0.25) is 14.9 Å². The molecule has 0 unspecified atom stereocenters. The maximum absolute atomic E-state index is 12.2. The molecular formula is C16H23N3O6. The van der Waals surface area contributed by atoms with E-state index in [4.69, 9.17) is 4.74 Å². The molecule has 0 fully saturated rings. The maximum Gasteiger partial charge on any atom is 0.296 e. The van der Waals surface area contributed by atoms with E-state index in [1.54, 1.807) is 6.92 Å². The number of nitrogens with zero attached hydrogens (tertiary/aromatic N) is 1. The summed E-state index contributed by atoms with van der Waals surface area (Å²) in [7, 11) is 0. The zero-order valence-electron chi connectivity index (χ0n) is 14.5. The van der Waals surface area contributed by atoms with Gasteiger partial charge >= 0.3 is 0 Å². The van der Waals surface area contributed by atoms with Crippen LogP contribution in [0.1, 0.15) is 27.2 Å². The number of nitro groups is 1. The number of rotatable bonds is 10. The quantitative estimate of drug-likeness (QED) is 0.426. The lowest BCUT2D eigenvalue weighted by molar-refractivity contribution is -0.914. The molecular weight excluding hydrogens is 330 g/mol. The number of aliphatic carboxylic acids is 1. The average Bonchev–Trinajstić information content (AvgIpc) is 2.56. The first-order valence-electron chi connectivity index (χ1n) is 8.10. The summed E-state index contributed by atoms with van der Waals surface area (Å²) in [5, 5.41) is 24.9. The predicted molar refractivity (Wildman–Crippen MR) is 88.4 cm³/mol. The van der Waals surface area contributed by atoms with Crippen LogP contribution in [0, 0.1) is 10.1 Å². The summed E-state index contributed by atoms with van der Waals surface area (Å²) < 4.78 is 5.21. The third-order valence-electron chi connectivity index (χ3n) is 3.83. The van der Waals surface area contributed by atoms with Crippen LogP contribution in [0.5, 0.6) is 5.75 Å². The van der Waals surface area contributed by atoms with E-state index in [0.717, 1.165) is 0 Å². The smallest absolute Gasteiger partial charge is 0.296 e. The number of nitrogens with one attached hydrogen (secondary N) is 2. The first kappa shape index (κ1) is 20.4. The van der Waals surface area contributed by atoms with E-state index in [1.165, 1.54) is 18.2 Å². The Hall–Kier alpha value is -2.68. The van der Waals surface area contributed by atoms with E-state index in [-0.39, 0.29) is 17.8 Å². The predicted octanol–water partition coefficient (Wildman–Crippen LogP) is -0.635. The third kappa shape index (κ3) is 5.71. The van der Waals surface area contributed by atoms with E-state index >= 15 is 0 Å². The van der Waals surface area contributed by atoms with Crippen molar-refractivity contribution in [3.63, 3.8) is 0 Å². The molecule has 25 heavy (non-hydrogen) atoms. The molecule has 0 bridgehead atoms. The van der Waals surface area contributed by atoms with Gasteiger partial charge in [0.2, 0.25) is 5.91 Å². The summed E-state index contributed by atoms with van der Waals surface area (Å²) in [6.45, 7) is 6.76. The molecule has 0 heterocycles. The number of hydrogen-bond donors (Lipinski definition) is 2. The third-order valence-corrected chi connectivity index (χ3v) is 3.83. The molecule has 0 saturated carbocycles. The molecule has 0 spiro atoms. The number of benzene rings is 1. The van der Waals surface area contributed by atoms with Crippen molar-refractivity contribution in [3.8, 4) is 5.75 Å². The summed E-state index contributed by atoms with van der Waals surface area (Å²) in [6, 6.07) is 3.05. The second-order valence-corrected chi connectivity index (χ2v) is 5.36. The lowest BCUT2D eigenvalue weighted by Crippen LogP contribution is -3.17. The second kappa shape index (κ2) is 9.58. The van der Waals surface area contributed by atoms with Crippen LogP contribution in [0.15, 0.2) is 18.2 Å². The Morgan fingerprint density at radius 2 is 1.92 bits per heavy atom. The molecule has 0 radical (unpaired) electrons. The standard InChI is InChI=1S/C16H23N3O6/c1-4-18(5-2)14(16(21)22)10-15(20)17-12-8-7-11(25-6-3)9-13(12)19(23)24/h7-9,14H,4-6,10H2,1-3H3,(H,17,20)(H,21,22)/t14-/m0/s1. The minimum Gasteiger partial charge on any atom is -0.544 e. The highest BCUT2D eigenvalue weighted by Gasteiger charge is 2.25. The molecule has 0 saturated heterocycles. The molecule has 0 aliphatic rings. The fourth-order valence-corrected chi connectivity index (χ4v) is 2.55. The number of likely N-dealkylation sites (N-methyl/N-ethyl adjacent to an activating group) is 1. The van der Waals surface area contributed by atoms with Crippen molar-refractivity contribution in [2.45, 2.75) is 33.2 Å². The monoisotopic (exact) mass is 353 g/mol. The van der Waals surface area contributed by atoms with Gasteiger partial charge in [-0.25, -0.2) is 0 Å². The number of nitro benzene ring substituents is 1. The van der Waals surface area contributed by atoms with Crippen LogP contribution in [-0.4, -0.2) is 42.5 Å². The van der Waals surface area contributed by atoms with Crippen molar-refractivity contribution in [3.05, 3.63) is 28.3 Å². The van der Waals surface area contributed by atoms with E-state index < -0.39 is 22.8 Å². The van der Waals surface area contributed by atoms with Crippen molar-refractivity contribution in [1.82, 2.24) is 0 Å². The Morgan fingerprint density at radius 3 is 2.40 bits per heavy atom. The molecule has 0 aliphatic carbocycles. The molecule has 2 N–H and O–H groups in total. The Balaban J connectivity index is 2.95. The van der Waals surface area contributed by atoms with Crippen molar-refractivity contribution in [1.29, 1.82) is 0 Å². The Bertz CT molecular complexity index is 630. The summed E-state index contributed by atoms with van der Waals surface area (Å²) in [4.78, 5) is 34.7. The number of hydrogen-bond acceptors (Lipinski definition) is 6. The molecule has 1 aromatic rings. The second-order valence-electron chi connectivity index (χ2n) is 5.36. The topological polar surface area (TPSA) is 126 Å². The number of ether oxygens (including phenoxy) is 1. The molecule has 1 amide bonds. The Morgan fingerprint density at radius 1 is 1.28 bits per heavy atom. The lowest BCUT2D eigenvalue weighted by atomic mass is 10.1. The maximum atomic E-state index is 12.2. The van der Waals surface area contributed by atoms with Crippen LogP contribution < -0.4 is 20.1 Å². The minimum absolute atomic E-state index is 0.00917. The van der Waals surface area contributed by atoms with Gasteiger partial charge in [0, 0.05) is 0 Å². The van der Waals surface area contributed by atoms with E-state index in [2.05, 4.69) is 5.32 Å². The normalized spacial score (nSPS) is 11.8. The van der Waals surface area contributed by atoms with Gasteiger partial charge in [-0.15, -0.1) is 0 Å². The first-order valence-corrected chi connectivity index (χ1v) is 8.10. The number of carbonyl (C=O) groups excluding carboxylic acids is 2. The number of carboxylic acids is 1. The van der Waals surface area contributed by atoms with Crippen molar-refractivity contribution >= 4 is 23.3 Å². The van der Waals surface area contributed by atoms with Gasteiger partial charge in [0.25, 0.3) is 5.69 Å². The minimum atomic E-state index is -1.32. The first-order chi connectivity index (χ1) is 11.8. The van der Waals surface area contributed by atoms with Gasteiger partial charge in [0.1, 0.15) is 17.5 Å². The highest BCUT2D eigenvalue weighted by atomic mass is 16.6. The van der Waals surface area contributed by atoms with Gasteiger partial charge in [-0.05, 0) is 32.9 Å². The van der Waals surface area contributed by atoms with Crippen LogP contribution in [0.3, 0.4) is 0 Å². The molecule has 138 valence electrons.